The molecule has 80 valence electrons. The molecule has 1 aliphatic rings. The molecule has 6 heteroatoms. The highest BCUT2D eigenvalue weighted by atomic mass is 16.2. The van der Waals surface area contributed by atoms with E-state index in [-0.39, 0.29) is 24.8 Å². The summed E-state index contributed by atoms with van der Waals surface area (Å²) in [6.45, 7) is 2.10. The number of nitrogens with zero attached hydrogens (tertiary/aromatic N) is 2. The van der Waals surface area contributed by atoms with Gasteiger partial charge >= 0.3 is 0 Å². The second-order valence-electron chi connectivity index (χ2n) is 3.65. The largest absolute Gasteiger partial charge is 0.319 e. The van der Waals surface area contributed by atoms with Gasteiger partial charge in [0, 0.05) is 11.3 Å². The quantitative estimate of drug-likeness (QED) is 0.629. The molecule has 2 amide bonds. The molecule has 2 heterocycles. The van der Waals surface area contributed by atoms with Crippen molar-refractivity contribution in [1.29, 1.82) is 0 Å². The second kappa shape index (κ2) is 3.47. The normalized spacial score (nSPS) is 21.5. The van der Waals surface area contributed by atoms with Crippen LogP contribution >= 0.6 is 0 Å². The van der Waals surface area contributed by atoms with Gasteiger partial charge in [-0.05, 0) is 6.92 Å². The molecule has 2 rings (SSSR count). The highest BCUT2D eigenvalue weighted by Gasteiger charge is 2.36. The Hall–Kier alpha value is -1.69. The zero-order chi connectivity index (χ0) is 11.0. The molecule has 1 aromatic rings. The predicted octanol–water partition coefficient (Wildman–Crippen LogP) is -0.696. The molecule has 1 atom stereocenters. The number of nitrogens with one attached hydrogen (secondary N) is 1. The van der Waals surface area contributed by atoms with Crippen molar-refractivity contribution < 1.29 is 9.59 Å². The molecule has 0 aliphatic carbocycles. The van der Waals surface area contributed by atoms with Crippen LogP contribution in [-0.4, -0.2) is 33.0 Å². The summed E-state index contributed by atoms with van der Waals surface area (Å²) >= 11 is 0. The first-order chi connectivity index (χ1) is 7.09. The molecule has 0 saturated carbocycles. The molecule has 1 saturated heterocycles. The van der Waals surface area contributed by atoms with Crippen LogP contribution in [0.2, 0.25) is 0 Å². The minimum Gasteiger partial charge on any atom is -0.319 e. The minimum absolute atomic E-state index is 0.107. The van der Waals surface area contributed by atoms with E-state index in [2.05, 4.69) is 10.2 Å². The molecule has 0 aromatic carbocycles. The lowest BCUT2D eigenvalue weighted by molar-refractivity contribution is -0.139. The van der Waals surface area contributed by atoms with E-state index >= 15 is 0 Å². The third-order valence-corrected chi connectivity index (χ3v) is 2.54. The van der Waals surface area contributed by atoms with Crippen LogP contribution in [0.1, 0.15) is 17.7 Å². The summed E-state index contributed by atoms with van der Waals surface area (Å²) in [7, 11) is 0. The van der Waals surface area contributed by atoms with Crippen molar-refractivity contribution in [2.75, 3.05) is 0 Å². The number of rotatable bonds is 2. The Morgan fingerprint density at radius 2 is 2.40 bits per heavy atom. The van der Waals surface area contributed by atoms with E-state index in [1.165, 1.54) is 4.90 Å². The molecular weight excluding hydrogens is 196 g/mol. The fourth-order valence-electron chi connectivity index (χ4n) is 1.58. The number of hydrogen-bond donors (Lipinski definition) is 2. The zero-order valence-electron chi connectivity index (χ0n) is 8.36. The Kier molecular flexibility index (Phi) is 2.28. The third-order valence-electron chi connectivity index (χ3n) is 2.54. The number of amides is 2. The van der Waals surface area contributed by atoms with Gasteiger partial charge in [0.1, 0.15) is 0 Å². The Morgan fingerprint density at radius 1 is 1.67 bits per heavy atom. The summed E-state index contributed by atoms with van der Waals surface area (Å²) in [5.41, 5.74) is 7.19. The summed E-state index contributed by atoms with van der Waals surface area (Å²) in [4.78, 5) is 24.1. The lowest BCUT2D eigenvalue weighted by Gasteiger charge is -2.13. The molecule has 1 aromatic heterocycles. The van der Waals surface area contributed by atoms with Crippen LogP contribution in [0.5, 0.6) is 0 Å². The fraction of sp³-hybridized carbons (Fsp3) is 0.444. The van der Waals surface area contributed by atoms with Gasteiger partial charge in [0.15, 0.2) is 0 Å². The van der Waals surface area contributed by atoms with Crippen LogP contribution in [0.25, 0.3) is 0 Å². The van der Waals surface area contributed by atoms with Gasteiger partial charge in [-0.2, -0.15) is 5.10 Å². The van der Waals surface area contributed by atoms with Crippen molar-refractivity contribution in [1.82, 2.24) is 15.1 Å². The standard InChI is InChI=1S/C9H12N4O2/c1-5-6(3-11-12-5)4-13-8(14)2-7(10)9(13)15/h3,7H,2,4,10H2,1H3,(H,11,12)/t7-/m0/s1. The molecule has 0 bridgehead atoms. The number of hydrogen-bond acceptors (Lipinski definition) is 4. The van der Waals surface area contributed by atoms with E-state index in [1.807, 2.05) is 6.92 Å². The number of nitrogens with two attached hydrogens (primary N) is 1. The van der Waals surface area contributed by atoms with Crippen LogP contribution in [0.3, 0.4) is 0 Å². The van der Waals surface area contributed by atoms with Crippen molar-refractivity contribution in [3.63, 3.8) is 0 Å². The molecule has 0 unspecified atom stereocenters. The van der Waals surface area contributed by atoms with E-state index in [0.717, 1.165) is 11.3 Å². The van der Waals surface area contributed by atoms with Crippen molar-refractivity contribution in [2.24, 2.45) is 5.73 Å². The molecule has 6 nitrogen and oxygen atoms in total. The number of H-pyrrole nitrogens is 1. The van der Waals surface area contributed by atoms with E-state index in [9.17, 15) is 9.59 Å². The predicted molar refractivity (Wildman–Crippen MR) is 51.5 cm³/mol. The van der Waals surface area contributed by atoms with E-state index < -0.39 is 6.04 Å². The van der Waals surface area contributed by atoms with E-state index in [1.54, 1.807) is 6.20 Å². The summed E-state index contributed by atoms with van der Waals surface area (Å²) in [5, 5.41) is 6.58. The summed E-state index contributed by atoms with van der Waals surface area (Å²) in [6, 6.07) is -0.676. The summed E-state index contributed by atoms with van der Waals surface area (Å²) in [5.74, 6) is -0.520. The Balaban J connectivity index is 2.16. The molecule has 1 aliphatic heterocycles. The first-order valence-corrected chi connectivity index (χ1v) is 4.68. The van der Waals surface area contributed by atoms with Gasteiger partial charge in [0.2, 0.25) is 11.8 Å². The van der Waals surface area contributed by atoms with Gasteiger partial charge in [-0.1, -0.05) is 0 Å². The monoisotopic (exact) mass is 208 g/mol. The SMILES string of the molecule is Cc1[nH]ncc1CN1C(=O)C[C@H](N)C1=O. The lowest BCUT2D eigenvalue weighted by Crippen LogP contribution is -2.34. The topological polar surface area (TPSA) is 92.1 Å². The zero-order valence-corrected chi connectivity index (χ0v) is 8.36. The van der Waals surface area contributed by atoms with Gasteiger partial charge in [0.05, 0.1) is 25.2 Å². The van der Waals surface area contributed by atoms with Crippen molar-refractivity contribution in [2.45, 2.75) is 25.9 Å². The van der Waals surface area contributed by atoms with Crippen LogP contribution in [0, 0.1) is 6.92 Å². The maximum atomic E-state index is 11.5. The van der Waals surface area contributed by atoms with Gasteiger partial charge < -0.3 is 5.73 Å². The highest BCUT2D eigenvalue weighted by Crippen LogP contribution is 2.16. The van der Waals surface area contributed by atoms with Crippen molar-refractivity contribution in [3.8, 4) is 0 Å². The van der Waals surface area contributed by atoms with Crippen LogP contribution in [-0.2, 0) is 16.1 Å². The number of aromatic amines is 1. The third kappa shape index (κ3) is 1.63. The molecular formula is C9H12N4O2. The maximum absolute atomic E-state index is 11.5. The number of likely N-dealkylation sites (tertiary alicyclic amines) is 1. The van der Waals surface area contributed by atoms with Gasteiger partial charge in [-0.15, -0.1) is 0 Å². The Bertz CT molecular complexity index is 412. The van der Waals surface area contributed by atoms with Gasteiger partial charge in [0.25, 0.3) is 0 Å². The number of aromatic nitrogens is 2. The number of aryl methyl sites for hydroxylation is 1. The van der Waals surface area contributed by atoms with Crippen LogP contribution < -0.4 is 5.73 Å². The smallest absolute Gasteiger partial charge is 0.246 e. The highest BCUT2D eigenvalue weighted by molar-refractivity contribution is 6.05. The number of carbonyl (C=O) groups excluding carboxylic acids is 2. The summed E-state index contributed by atoms with van der Waals surface area (Å²) < 4.78 is 0. The second-order valence-corrected chi connectivity index (χ2v) is 3.65. The number of carbonyl (C=O) groups is 2. The van der Waals surface area contributed by atoms with Gasteiger partial charge in [-0.25, -0.2) is 0 Å². The maximum Gasteiger partial charge on any atom is 0.246 e. The van der Waals surface area contributed by atoms with E-state index in [4.69, 9.17) is 5.73 Å². The van der Waals surface area contributed by atoms with Crippen molar-refractivity contribution in [3.05, 3.63) is 17.5 Å². The molecule has 0 radical (unpaired) electrons. The van der Waals surface area contributed by atoms with Crippen LogP contribution in [0.15, 0.2) is 6.20 Å². The minimum atomic E-state index is -0.676. The molecule has 3 N–H and O–H groups in total. The van der Waals surface area contributed by atoms with Crippen molar-refractivity contribution >= 4 is 11.8 Å². The Labute approximate surface area is 86.4 Å². The first-order valence-electron chi connectivity index (χ1n) is 4.68. The molecule has 15 heavy (non-hydrogen) atoms. The van der Waals surface area contributed by atoms with E-state index in [0.29, 0.717) is 0 Å². The average Bonchev–Trinajstić information content (AvgIpc) is 2.67. The average molecular weight is 208 g/mol. The molecule has 1 fully saturated rings. The van der Waals surface area contributed by atoms with Gasteiger partial charge in [-0.3, -0.25) is 19.6 Å². The molecule has 0 spiro atoms. The fourth-order valence-corrected chi connectivity index (χ4v) is 1.58. The Morgan fingerprint density at radius 3 is 2.87 bits per heavy atom. The van der Waals surface area contributed by atoms with Crippen LogP contribution in [0.4, 0.5) is 0 Å². The first kappa shape index (κ1) is 9.85. The summed E-state index contributed by atoms with van der Waals surface area (Å²) in [6.07, 6.45) is 1.72. The number of imide groups is 1. The lowest BCUT2D eigenvalue weighted by atomic mass is 10.2.